The Kier molecular flexibility index (Phi) is 9.34. The maximum absolute atomic E-state index is 12.9. The normalized spacial score (nSPS) is 12.6. The molecule has 0 saturated heterocycles. The molecule has 0 saturated carbocycles. The number of carbonyl (C=O) groups excluding carboxylic acids is 4. The Morgan fingerprint density at radius 3 is 1.10 bits per heavy atom. The average Bonchev–Trinajstić information content (AvgIpc) is 2.47. The standard InChI is InChI=1S/C21H36O8/c1-13(2)21(14(3)4,17(24)26-11-15(22)28-19(5,6)7)18(25)27-12-16(23)29-20(8,9)10/h13-14H,11-12H2,1-10H3. The van der Waals surface area contributed by atoms with E-state index in [-0.39, 0.29) is 0 Å². The van der Waals surface area contributed by atoms with E-state index in [1.165, 1.54) is 0 Å². The lowest BCUT2D eigenvalue weighted by molar-refractivity contribution is -0.189. The summed E-state index contributed by atoms with van der Waals surface area (Å²) in [6, 6.07) is 0. The van der Waals surface area contributed by atoms with E-state index in [0.29, 0.717) is 0 Å². The van der Waals surface area contributed by atoms with Gasteiger partial charge in [0.25, 0.3) is 0 Å². The Morgan fingerprint density at radius 1 is 0.621 bits per heavy atom. The lowest BCUT2D eigenvalue weighted by Crippen LogP contribution is -2.51. The summed E-state index contributed by atoms with van der Waals surface area (Å²) < 4.78 is 20.5. The van der Waals surface area contributed by atoms with Crippen LogP contribution >= 0.6 is 0 Å². The molecular weight excluding hydrogens is 380 g/mol. The third-order valence-corrected chi connectivity index (χ3v) is 3.98. The average molecular weight is 417 g/mol. The van der Waals surface area contributed by atoms with Crippen molar-refractivity contribution in [1.29, 1.82) is 0 Å². The van der Waals surface area contributed by atoms with Gasteiger partial charge in [0.2, 0.25) is 0 Å². The minimum Gasteiger partial charge on any atom is -0.457 e. The van der Waals surface area contributed by atoms with Crippen molar-refractivity contribution in [1.82, 2.24) is 0 Å². The van der Waals surface area contributed by atoms with Crippen LogP contribution < -0.4 is 0 Å². The molecule has 8 nitrogen and oxygen atoms in total. The van der Waals surface area contributed by atoms with Gasteiger partial charge in [0.1, 0.15) is 11.2 Å². The summed E-state index contributed by atoms with van der Waals surface area (Å²) in [5.74, 6) is -4.28. The van der Waals surface area contributed by atoms with Gasteiger partial charge in [0.15, 0.2) is 18.6 Å². The first-order valence-corrected chi connectivity index (χ1v) is 9.71. The molecule has 0 spiro atoms. The van der Waals surface area contributed by atoms with Gasteiger partial charge in [-0.15, -0.1) is 0 Å². The maximum Gasteiger partial charge on any atom is 0.344 e. The van der Waals surface area contributed by atoms with Crippen LogP contribution in [0.4, 0.5) is 0 Å². The summed E-state index contributed by atoms with van der Waals surface area (Å²) in [6.07, 6.45) is 0. The van der Waals surface area contributed by atoms with E-state index in [0.717, 1.165) is 0 Å². The molecule has 0 rings (SSSR count). The molecule has 168 valence electrons. The minimum absolute atomic E-state index is 0.514. The molecule has 0 aliphatic carbocycles. The summed E-state index contributed by atoms with van der Waals surface area (Å²) in [5.41, 5.74) is -3.16. The zero-order chi connectivity index (χ0) is 23.2. The Balaban J connectivity index is 5.37. The van der Waals surface area contributed by atoms with Gasteiger partial charge in [-0.25, -0.2) is 9.59 Å². The van der Waals surface area contributed by atoms with Gasteiger partial charge >= 0.3 is 23.9 Å². The molecule has 0 N–H and O–H groups in total. The fraction of sp³-hybridized carbons (Fsp3) is 0.810. The molecule has 0 unspecified atom stereocenters. The van der Waals surface area contributed by atoms with Crippen LogP contribution in [0.3, 0.4) is 0 Å². The summed E-state index contributed by atoms with van der Waals surface area (Å²) in [6.45, 7) is 15.6. The van der Waals surface area contributed by atoms with Crippen molar-refractivity contribution in [2.24, 2.45) is 17.3 Å². The van der Waals surface area contributed by atoms with E-state index in [1.807, 2.05) is 0 Å². The first kappa shape index (κ1) is 26.9. The zero-order valence-electron chi connectivity index (χ0n) is 19.3. The maximum atomic E-state index is 12.9. The Morgan fingerprint density at radius 2 is 0.897 bits per heavy atom. The monoisotopic (exact) mass is 416 g/mol. The van der Waals surface area contributed by atoms with E-state index < -0.39 is 65.5 Å². The predicted octanol–water partition coefficient (Wildman–Crippen LogP) is 3.05. The van der Waals surface area contributed by atoms with Gasteiger partial charge in [-0.2, -0.15) is 0 Å². The molecular formula is C21H36O8. The molecule has 0 amide bonds. The molecule has 0 aliphatic rings. The van der Waals surface area contributed by atoms with E-state index in [1.54, 1.807) is 69.2 Å². The van der Waals surface area contributed by atoms with Crippen LogP contribution in [0.2, 0.25) is 0 Å². The third-order valence-electron chi connectivity index (χ3n) is 3.98. The van der Waals surface area contributed by atoms with Gasteiger partial charge in [-0.05, 0) is 53.4 Å². The van der Waals surface area contributed by atoms with Crippen LogP contribution in [-0.2, 0) is 38.1 Å². The molecule has 0 fully saturated rings. The highest BCUT2D eigenvalue weighted by Gasteiger charge is 2.54. The van der Waals surface area contributed by atoms with E-state index >= 15 is 0 Å². The number of hydrogen-bond acceptors (Lipinski definition) is 8. The van der Waals surface area contributed by atoms with Gasteiger partial charge in [0, 0.05) is 0 Å². The van der Waals surface area contributed by atoms with E-state index in [4.69, 9.17) is 18.9 Å². The molecule has 0 aromatic heterocycles. The van der Waals surface area contributed by atoms with Gasteiger partial charge in [0.05, 0.1) is 0 Å². The lowest BCUT2D eigenvalue weighted by Gasteiger charge is -2.36. The zero-order valence-corrected chi connectivity index (χ0v) is 19.3. The first-order chi connectivity index (χ1) is 12.9. The number of rotatable bonds is 8. The Labute approximate surface area is 173 Å². The molecule has 0 aliphatic heterocycles. The van der Waals surface area contributed by atoms with Crippen LogP contribution in [0.5, 0.6) is 0 Å². The summed E-state index contributed by atoms with van der Waals surface area (Å²) in [5, 5.41) is 0. The Bertz CT molecular complexity index is 551. The van der Waals surface area contributed by atoms with Crippen molar-refractivity contribution in [2.45, 2.75) is 80.4 Å². The van der Waals surface area contributed by atoms with Crippen LogP contribution in [0, 0.1) is 17.3 Å². The van der Waals surface area contributed by atoms with Crippen molar-refractivity contribution >= 4 is 23.9 Å². The number of hydrogen-bond donors (Lipinski definition) is 0. The summed E-state index contributed by atoms with van der Waals surface area (Å²) in [7, 11) is 0. The SMILES string of the molecule is CC(C)C(C(=O)OCC(=O)OC(C)(C)C)(C(=O)OCC(=O)OC(C)(C)C)C(C)C. The predicted molar refractivity (Wildman–Crippen MR) is 106 cm³/mol. The van der Waals surface area contributed by atoms with E-state index in [2.05, 4.69) is 0 Å². The van der Waals surface area contributed by atoms with Crippen molar-refractivity contribution in [3.63, 3.8) is 0 Å². The van der Waals surface area contributed by atoms with Crippen LogP contribution in [0.1, 0.15) is 69.2 Å². The molecule has 0 aromatic rings. The third kappa shape index (κ3) is 8.41. The van der Waals surface area contributed by atoms with Crippen molar-refractivity contribution < 1.29 is 38.1 Å². The van der Waals surface area contributed by atoms with E-state index in [9.17, 15) is 19.2 Å². The van der Waals surface area contributed by atoms with Gasteiger partial charge in [-0.3, -0.25) is 9.59 Å². The number of carbonyl (C=O) groups is 4. The second-order valence-corrected chi connectivity index (χ2v) is 9.50. The molecule has 0 aromatic carbocycles. The largest absolute Gasteiger partial charge is 0.457 e. The minimum atomic E-state index is -1.69. The highest BCUT2D eigenvalue weighted by Crippen LogP contribution is 2.39. The number of ether oxygens (including phenoxy) is 4. The topological polar surface area (TPSA) is 105 Å². The van der Waals surface area contributed by atoms with Crippen LogP contribution in [0.25, 0.3) is 0 Å². The lowest BCUT2D eigenvalue weighted by atomic mass is 9.69. The van der Waals surface area contributed by atoms with Crippen LogP contribution in [-0.4, -0.2) is 48.3 Å². The number of esters is 4. The summed E-state index contributed by atoms with van der Waals surface area (Å²) >= 11 is 0. The Hall–Kier alpha value is -2.12. The molecule has 29 heavy (non-hydrogen) atoms. The van der Waals surface area contributed by atoms with Crippen molar-refractivity contribution in [3.8, 4) is 0 Å². The fourth-order valence-corrected chi connectivity index (χ4v) is 2.92. The second-order valence-electron chi connectivity index (χ2n) is 9.50. The van der Waals surface area contributed by atoms with Gasteiger partial charge in [-0.1, -0.05) is 27.7 Å². The molecule has 0 heterocycles. The van der Waals surface area contributed by atoms with Crippen LogP contribution in [0.15, 0.2) is 0 Å². The van der Waals surface area contributed by atoms with Gasteiger partial charge < -0.3 is 18.9 Å². The molecule has 0 radical (unpaired) electrons. The first-order valence-electron chi connectivity index (χ1n) is 9.71. The highest BCUT2D eigenvalue weighted by molar-refractivity contribution is 6.01. The van der Waals surface area contributed by atoms with Crippen molar-refractivity contribution in [2.75, 3.05) is 13.2 Å². The molecule has 8 heteroatoms. The smallest absolute Gasteiger partial charge is 0.344 e. The summed E-state index contributed by atoms with van der Waals surface area (Å²) in [4.78, 5) is 49.5. The van der Waals surface area contributed by atoms with Crippen molar-refractivity contribution in [3.05, 3.63) is 0 Å². The fourth-order valence-electron chi connectivity index (χ4n) is 2.92. The molecule has 0 bridgehead atoms. The quantitative estimate of drug-likeness (QED) is 0.338. The second kappa shape index (κ2) is 10.1. The molecule has 0 atom stereocenters. The highest BCUT2D eigenvalue weighted by atomic mass is 16.6.